The number of aromatic nitrogens is 4. The van der Waals surface area contributed by atoms with Crippen LogP contribution in [-0.2, 0) is 11.3 Å². The van der Waals surface area contributed by atoms with Crippen molar-refractivity contribution in [2.45, 2.75) is 60.0 Å². The molecule has 25 heavy (non-hydrogen) atoms. The zero-order valence-electron chi connectivity index (χ0n) is 15.4. The predicted molar refractivity (Wildman–Crippen MR) is 103 cm³/mol. The van der Waals surface area contributed by atoms with Gasteiger partial charge < -0.3 is 5.32 Å². The van der Waals surface area contributed by atoms with Gasteiger partial charge in [-0.05, 0) is 56.5 Å². The van der Waals surface area contributed by atoms with Gasteiger partial charge in [-0.3, -0.25) is 14.2 Å². The van der Waals surface area contributed by atoms with Gasteiger partial charge in [0.05, 0.1) is 26.6 Å². The van der Waals surface area contributed by atoms with E-state index in [1.165, 1.54) is 0 Å². The summed E-state index contributed by atoms with van der Waals surface area (Å²) in [4.78, 5) is 12.5. The smallest absolute Gasteiger partial charge is 0.244 e. The molecule has 138 valence electrons. The van der Waals surface area contributed by atoms with Gasteiger partial charge in [-0.25, -0.2) is 0 Å². The quantitative estimate of drug-likeness (QED) is 0.678. The van der Waals surface area contributed by atoms with E-state index in [4.69, 9.17) is 11.6 Å². The Balaban J connectivity index is 1.92. The Hall–Kier alpha value is -1.34. The maximum absolute atomic E-state index is 12.5. The molecule has 0 spiro atoms. The molecule has 0 aliphatic heterocycles. The van der Waals surface area contributed by atoms with Gasteiger partial charge >= 0.3 is 0 Å². The standard InChI is InChI=1S/C17H25BrClN5O/c1-6-14(24-13(5)16(19)11(3)22-24)17(25)20-8-7-9-23-12(4)15(18)10(2)21-23/h14H,6-9H2,1-5H3,(H,20,25). The molecule has 1 N–H and O–H groups in total. The lowest BCUT2D eigenvalue weighted by Crippen LogP contribution is -2.34. The summed E-state index contributed by atoms with van der Waals surface area (Å²) in [5.41, 5.74) is 3.66. The van der Waals surface area contributed by atoms with E-state index in [0.29, 0.717) is 18.0 Å². The minimum Gasteiger partial charge on any atom is -0.354 e. The number of hydrogen-bond donors (Lipinski definition) is 1. The van der Waals surface area contributed by atoms with Gasteiger partial charge in [-0.2, -0.15) is 10.2 Å². The Morgan fingerprint density at radius 3 is 2.36 bits per heavy atom. The van der Waals surface area contributed by atoms with E-state index in [1.54, 1.807) is 4.68 Å². The fourth-order valence-corrected chi connectivity index (χ4v) is 3.28. The van der Waals surface area contributed by atoms with Crippen LogP contribution in [0.4, 0.5) is 0 Å². The van der Waals surface area contributed by atoms with Crippen LogP contribution in [0.2, 0.25) is 5.02 Å². The van der Waals surface area contributed by atoms with E-state index >= 15 is 0 Å². The van der Waals surface area contributed by atoms with Crippen molar-refractivity contribution in [1.82, 2.24) is 24.9 Å². The molecule has 2 aromatic rings. The zero-order chi connectivity index (χ0) is 18.7. The average Bonchev–Trinajstić information content (AvgIpc) is 2.97. The maximum atomic E-state index is 12.5. The maximum Gasteiger partial charge on any atom is 0.244 e. The summed E-state index contributed by atoms with van der Waals surface area (Å²) in [5, 5.41) is 12.5. The highest BCUT2D eigenvalue weighted by atomic mass is 79.9. The van der Waals surface area contributed by atoms with Gasteiger partial charge in [0, 0.05) is 18.8 Å². The predicted octanol–water partition coefficient (Wildman–Crippen LogP) is 3.89. The largest absolute Gasteiger partial charge is 0.354 e. The number of hydrogen-bond acceptors (Lipinski definition) is 3. The first-order valence-electron chi connectivity index (χ1n) is 8.46. The molecule has 0 aliphatic carbocycles. The third-order valence-electron chi connectivity index (χ3n) is 4.36. The van der Waals surface area contributed by atoms with Crippen molar-refractivity contribution >= 4 is 33.4 Å². The average molecular weight is 431 g/mol. The number of carbonyl (C=O) groups is 1. The number of halogens is 2. The third-order valence-corrected chi connectivity index (χ3v) is 6.05. The number of amides is 1. The second-order valence-corrected chi connectivity index (χ2v) is 7.38. The van der Waals surface area contributed by atoms with E-state index < -0.39 is 0 Å². The molecular formula is C17H25BrClN5O. The summed E-state index contributed by atoms with van der Waals surface area (Å²) in [6.07, 6.45) is 1.48. The molecule has 2 heterocycles. The summed E-state index contributed by atoms with van der Waals surface area (Å²) in [6.45, 7) is 11.1. The Morgan fingerprint density at radius 1 is 1.20 bits per heavy atom. The van der Waals surface area contributed by atoms with E-state index in [0.717, 1.165) is 40.2 Å². The second kappa shape index (κ2) is 8.36. The lowest BCUT2D eigenvalue weighted by atomic mass is 10.2. The SMILES string of the molecule is CCC(C(=O)NCCCn1nc(C)c(Br)c1C)n1nc(C)c(Cl)c1C. The van der Waals surface area contributed by atoms with Gasteiger partial charge in [0.1, 0.15) is 6.04 Å². The minimum absolute atomic E-state index is 0.0284. The van der Waals surface area contributed by atoms with Crippen molar-refractivity contribution in [3.63, 3.8) is 0 Å². The van der Waals surface area contributed by atoms with Crippen LogP contribution in [0.15, 0.2) is 4.47 Å². The van der Waals surface area contributed by atoms with Gasteiger partial charge in [-0.1, -0.05) is 18.5 Å². The molecule has 1 unspecified atom stereocenters. The normalized spacial score (nSPS) is 12.4. The molecule has 0 aromatic carbocycles. The molecule has 1 amide bonds. The Morgan fingerprint density at radius 2 is 1.88 bits per heavy atom. The molecule has 2 aromatic heterocycles. The van der Waals surface area contributed by atoms with E-state index in [-0.39, 0.29) is 11.9 Å². The summed E-state index contributed by atoms with van der Waals surface area (Å²) in [6, 6.07) is -0.339. The number of nitrogens with one attached hydrogen (secondary N) is 1. The molecule has 1 atom stereocenters. The molecule has 2 rings (SSSR count). The number of nitrogens with zero attached hydrogens (tertiary/aromatic N) is 4. The molecule has 0 aliphatic rings. The molecule has 0 saturated heterocycles. The van der Waals surface area contributed by atoms with Gasteiger partial charge in [-0.15, -0.1) is 0 Å². The Labute approximate surface area is 162 Å². The van der Waals surface area contributed by atoms with Crippen LogP contribution in [0.5, 0.6) is 0 Å². The van der Waals surface area contributed by atoms with Gasteiger partial charge in [0.25, 0.3) is 0 Å². The lowest BCUT2D eigenvalue weighted by molar-refractivity contribution is -0.124. The molecule has 0 radical (unpaired) electrons. The van der Waals surface area contributed by atoms with Crippen molar-refractivity contribution < 1.29 is 4.79 Å². The van der Waals surface area contributed by atoms with E-state index in [1.807, 2.05) is 39.3 Å². The molecular weight excluding hydrogens is 406 g/mol. The van der Waals surface area contributed by atoms with Crippen molar-refractivity contribution in [3.8, 4) is 0 Å². The first-order chi connectivity index (χ1) is 11.8. The molecule has 0 bridgehead atoms. The first kappa shape index (κ1) is 20.0. The highest BCUT2D eigenvalue weighted by molar-refractivity contribution is 9.10. The van der Waals surface area contributed by atoms with Crippen LogP contribution in [-0.4, -0.2) is 32.0 Å². The highest BCUT2D eigenvalue weighted by Gasteiger charge is 2.22. The van der Waals surface area contributed by atoms with Crippen LogP contribution in [0.25, 0.3) is 0 Å². The van der Waals surface area contributed by atoms with Crippen molar-refractivity contribution in [3.05, 3.63) is 32.3 Å². The summed E-state index contributed by atoms with van der Waals surface area (Å²) < 4.78 is 4.73. The Kier molecular flexibility index (Phi) is 6.68. The lowest BCUT2D eigenvalue weighted by Gasteiger charge is -2.17. The number of carbonyl (C=O) groups excluding carboxylic acids is 1. The van der Waals surface area contributed by atoms with E-state index in [9.17, 15) is 4.79 Å². The number of rotatable bonds is 7. The molecule has 0 saturated carbocycles. The molecule has 0 fully saturated rings. The summed E-state index contributed by atoms with van der Waals surface area (Å²) in [5.74, 6) is -0.0284. The van der Waals surface area contributed by atoms with Crippen LogP contribution in [0.1, 0.15) is 48.6 Å². The fourth-order valence-electron chi connectivity index (χ4n) is 2.87. The minimum atomic E-state index is -0.339. The Bertz CT molecular complexity index is 768. The highest BCUT2D eigenvalue weighted by Crippen LogP contribution is 2.24. The monoisotopic (exact) mass is 429 g/mol. The third kappa shape index (κ3) is 4.26. The second-order valence-electron chi connectivity index (χ2n) is 6.21. The van der Waals surface area contributed by atoms with E-state index in [2.05, 4.69) is 31.4 Å². The van der Waals surface area contributed by atoms with Crippen molar-refractivity contribution in [1.29, 1.82) is 0 Å². The van der Waals surface area contributed by atoms with Crippen LogP contribution < -0.4 is 5.32 Å². The number of aryl methyl sites for hydroxylation is 3. The fraction of sp³-hybridized carbons (Fsp3) is 0.588. The van der Waals surface area contributed by atoms with Crippen molar-refractivity contribution in [2.24, 2.45) is 0 Å². The van der Waals surface area contributed by atoms with Crippen molar-refractivity contribution in [2.75, 3.05) is 6.54 Å². The first-order valence-corrected chi connectivity index (χ1v) is 9.63. The van der Waals surface area contributed by atoms with Gasteiger partial charge in [0.2, 0.25) is 5.91 Å². The van der Waals surface area contributed by atoms with Crippen LogP contribution in [0, 0.1) is 27.7 Å². The summed E-state index contributed by atoms with van der Waals surface area (Å²) >= 11 is 9.73. The summed E-state index contributed by atoms with van der Waals surface area (Å²) in [7, 11) is 0. The molecule has 8 heteroatoms. The molecule has 6 nitrogen and oxygen atoms in total. The zero-order valence-corrected chi connectivity index (χ0v) is 17.7. The van der Waals surface area contributed by atoms with Gasteiger partial charge in [0.15, 0.2) is 0 Å². The topological polar surface area (TPSA) is 64.7 Å². The van der Waals surface area contributed by atoms with Crippen LogP contribution in [0.3, 0.4) is 0 Å². The van der Waals surface area contributed by atoms with Crippen LogP contribution >= 0.6 is 27.5 Å².